The fourth-order valence-electron chi connectivity index (χ4n) is 4.17. The van der Waals surface area contributed by atoms with Crippen molar-refractivity contribution < 1.29 is 23.0 Å². The Morgan fingerprint density at radius 2 is 1.91 bits per heavy atom. The van der Waals surface area contributed by atoms with E-state index in [-0.39, 0.29) is 23.9 Å². The molecule has 0 bridgehead atoms. The van der Waals surface area contributed by atoms with Gasteiger partial charge in [0.15, 0.2) is 11.5 Å². The van der Waals surface area contributed by atoms with Crippen LogP contribution < -0.4 is 20.1 Å². The Kier molecular flexibility index (Phi) is 7.00. The first-order valence-electron chi connectivity index (χ1n) is 11.1. The smallest absolute Gasteiger partial charge is 0.260 e. The Bertz CT molecular complexity index is 1150. The lowest BCUT2D eigenvalue weighted by atomic mass is 9.96. The number of hydrogen-bond acceptors (Lipinski definition) is 5. The number of alkyl halides is 2. The molecule has 2 aromatic carbocycles. The van der Waals surface area contributed by atoms with Gasteiger partial charge in [0.25, 0.3) is 12.3 Å². The monoisotopic (exact) mass is 470 g/mol. The van der Waals surface area contributed by atoms with Crippen molar-refractivity contribution in [2.75, 3.05) is 26.1 Å². The topological polar surface area (TPSA) is 77.4 Å². The summed E-state index contributed by atoms with van der Waals surface area (Å²) in [6.07, 6.45) is -0.513. The standard InChI is InChI=1S/C25H28F2N4O3/c1-15-4-7-17(8-5-15)19-13-20(23(26)27)31-24(30-19)18(14-29-31)25(32)28-11-10-16-6-9-21(33-2)22(12-16)34-3/h4-9,12,14,19-20,23,30H,10-11,13H2,1-3H3,(H,28,32)/t19-,20-/m1/s1. The molecule has 0 spiro atoms. The van der Waals surface area contributed by atoms with E-state index in [1.165, 1.54) is 10.9 Å². The lowest BCUT2D eigenvalue weighted by Crippen LogP contribution is -2.33. The number of nitrogens with one attached hydrogen (secondary N) is 2. The second-order valence-corrected chi connectivity index (χ2v) is 8.29. The van der Waals surface area contributed by atoms with Gasteiger partial charge in [-0.2, -0.15) is 5.10 Å². The summed E-state index contributed by atoms with van der Waals surface area (Å²) >= 11 is 0. The van der Waals surface area contributed by atoms with E-state index in [0.717, 1.165) is 16.7 Å². The Morgan fingerprint density at radius 1 is 1.18 bits per heavy atom. The van der Waals surface area contributed by atoms with Crippen molar-refractivity contribution in [1.82, 2.24) is 15.1 Å². The lowest BCUT2D eigenvalue weighted by molar-refractivity contribution is 0.0656. The molecule has 2 N–H and O–H groups in total. The Morgan fingerprint density at radius 3 is 2.59 bits per heavy atom. The number of aromatic nitrogens is 2. The van der Waals surface area contributed by atoms with Crippen LogP contribution in [-0.2, 0) is 6.42 Å². The summed E-state index contributed by atoms with van der Waals surface area (Å²) in [6.45, 7) is 2.33. The van der Waals surface area contributed by atoms with Crippen molar-refractivity contribution in [2.24, 2.45) is 0 Å². The van der Waals surface area contributed by atoms with Crippen LogP contribution >= 0.6 is 0 Å². The normalized spacial score (nSPS) is 17.1. The van der Waals surface area contributed by atoms with Gasteiger partial charge >= 0.3 is 0 Å². The highest BCUT2D eigenvalue weighted by Gasteiger charge is 2.36. The fourth-order valence-corrected chi connectivity index (χ4v) is 4.17. The van der Waals surface area contributed by atoms with Crippen LogP contribution in [0.25, 0.3) is 0 Å². The van der Waals surface area contributed by atoms with Gasteiger partial charge in [0.05, 0.1) is 26.5 Å². The van der Waals surface area contributed by atoms with Gasteiger partial charge in [-0.25, -0.2) is 13.5 Å². The van der Waals surface area contributed by atoms with E-state index in [2.05, 4.69) is 15.7 Å². The highest BCUT2D eigenvalue weighted by Crippen LogP contribution is 2.39. The molecule has 1 aromatic heterocycles. The van der Waals surface area contributed by atoms with Crippen LogP contribution in [0.3, 0.4) is 0 Å². The largest absolute Gasteiger partial charge is 0.493 e. The lowest BCUT2D eigenvalue weighted by Gasteiger charge is -2.32. The number of rotatable bonds is 8. The van der Waals surface area contributed by atoms with Gasteiger partial charge in [-0.05, 0) is 43.0 Å². The van der Waals surface area contributed by atoms with Crippen LogP contribution in [0.15, 0.2) is 48.7 Å². The minimum absolute atomic E-state index is 0.176. The van der Waals surface area contributed by atoms with Gasteiger partial charge < -0.3 is 20.1 Å². The second-order valence-electron chi connectivity index (χ2n) is 8.29. The average molecular weight is 471 g/mol. The number of fused-ring (bicyclic) bond motifs is 1. The van der Waals surface area contributed by atoms with E-state index in [1.807, 2.05) is 49.4 Å². The van der Waals surface area contributed by atoms with Crippen LogP contribution in [0.5, 0.6) is 11.5 Å². The molecule has 4 rings (SSSR count). The zero-order valence-electron chi connectivity index (χ0n) is 19.3. The highest BCUT2D eigenvalue weighted by molar-refractivity contribution is 5.98. The number of halogens is 2. The molecular formula is C25H28F2N4O3. The number of benzene rings is 2. The van der Waals surface area contributed by atoms with Gasteiger partial charge in [-0.3, -0.25) is 4.79 Å². The van der Waals surface area contributed by atoms with Crippen LogP contribution in [-0.4, -0.2) is 42.9 Å². The van der Waals surface area contributed by atoms with Crippen LogP contribution in [0.2, 0.25) is 0 Å². The van der Waals surface area contributed by atoms with Crippen molar-refractivity contribution in [3.8, 4) is 11.5 Å². The SMILES string of the molecule is COc1ccc(CCNC(=O)c2cnn3c2N[C@@H](c2ccc(C)cc2)C[C@@H]3C(F)F)cc1OC. The van der Waals surface area contributed by atoms with Crippen LogP contribution in [0.1, 0.15) is 45.6 Å². The number of methoxy groups -OCH3 is 2. The van der Waals surface area contributed by atoms with E-state index in [9.17, 15) is 13.6 Å². The zero-order chi connectivity index (χ0) is 24.2. The highest BCUT2D eigenvalue weighted by atomic mass is 19.3. The number of carbonyl (C=O) groups excluding carboxylic acids is 1. The molecule has 0 saturated carbocycles. The summed E-state index contributed by atoms with van der Waals surface area (Å²) in [4.78, 5) is 12.9. The summed E-state index contributed by atoms with van der Waals surface area (Å²) < 4.78 is 39.5. The van der Waals surface area contributed by atoms with E-state index in [1.54, 1.807) is 14.2 Å². The van der Waals surface area contributed by atoms with E-state index >= 15 is 0 Å². The van der Waals surface area contributed by atoms with E-state index in [0.29, 0.717) is 30.3 Å². The average Bonchev–Trinajstić information content (AvgIpc) is 3.27. The maximum atomic E-state index is 13.9. The maximum Gasteiger partial charge on any atom is 0.260 e. The summed E-state index contributed by atoms with van der Waals surface area (Å²) in [6, 6.07) is 11.8. The molecule has 0 aliphatic carbocycles. The first-order chi connectivity index (χ1) is 16.4. The van der Waals surface area contributed by atoms with Gasteiger partial charge in [0.2, 0.25) is 0 Å². The molecule has 2 atom stereocenters. The third-order valence-corrected chi connectivity index (χ3v) is 6.06. The molecular weight excluding hydrogens is 442 g/mol. The van der Waals surface area contributed by atoms with E-state index in [4.69, 9.17) is 9.47 Å². The van der Waals surface area contributed by atoms with Crippen LogP contribution in [0, 0.1) is 6.92 Å². The fraction of sp³-hybridized carbons (Fsp3) is 0.360. The first-order valence-corrected chi connectivity index (χ1v) is 11.1. The molecule has 2 heterocycles. The predicted octanol–water partition coefficient (Wildman–Crippen LogP) is 4.54. The van der Waals surface area contributed by atoms with Gasteiger partial charge in [-0.1, -0.05) is 35.9 Å². The Hall–Kier alpha value is -3.62. The third-order valence-electron chi connectivity index (χ3n) is 6.06. The third kappa shape index (κ3) is 4.83. The van der Waals surface area contributed by atoms with Gasteiger partial charge in [0.1, 0.15) is 17.4 Å². The number of carbonyl (C=O) groups is 1. The van der Waals surface area contributed by atoms with E-state index < -0.39 is 12.5 Å². The Labute approximate surface area is 197 Å². The molecule has 34 heavy (non-hydrogen) atoms. The Balaban J connectivity index is 1.48. The molecule has 0 fully saturated rings. The number of ether oxygens (including phenoxy) is 2. The molecule has 3 aromatic rings. The summed E-state index contributed by atoms with van der Waals surface area (Å²) in [5, 5.41) is 10.2. The van der Waals surface area contributed by atoms with Crippen molar-refractivity contribution >= 4 is 11.7 Å². The molecule has 0 radical (unpaired) electrons. The molecule has 180 valence electrons. The van der Waals surface area contributed by atoms with Crippen molar-refractivity contribution in [1.29, 1.82) is 0 Å². The number of amides is 1. The first kappa shape index (κ1) is 23.5. The number of aryl methyl sites for hydroxylation is 1. The maximum absolute atomic E-state index is 13.9. The quantitative estimate of drug-likeness (QED) is 0.505. The van der Waals surface area contributed by atoms with Crippen LogP contribution in [0.4, 0.5) is 14.6 Å². The van der Waals surface area contributed by atoms with Gasteiger partial charge in [0, 0.05) is 6.54 Å². The molecule has 9 heteroatoms. The van der Waals surface area contributed by atoms with Crippen molar-refractivity contribution in [3.63, 3.8) is 0 Å². The molecule has 7 nitrogen and oxygen atoms in total. The van der Waals surface area contributed by atoms with Crippen molar-refractivity contribution in [3.05, 3.63) is 70.9 Å². The molecule has 0 saturated heterocycles. The van der Waals surface area contributed by atoms with Crippen molar-refractivity contribution in [2.45, 2.75) is 38.3 Å². The zero-order valence-corrected chi connectivity index (χ0v) is 19.3. The minimum Gasteiger partial charge on any atom is -0.493 e. The molecule has 1 aliphatic rings. The molecule has 0 unspecified atom stereocenters. The summed E-state index contributed by atoms with van der Waals surface area (Å²) in [7, 11) is 3.14. The molecule has 1 amide bonds. The second kappa shape index (κ2) is 10.1. The summed E-state index contributed by atoms with van der Waals surface area (Å²) in [5.74, 6) is 1.18. The number of nitrogens with zero attached hydrogens (tertiary/aromatic N) is 2. The summed E-state index contributed by atoms with van der Waals surface area (Å²) in [5.41, 5.74) is 3.19. The molecule has 1 aliphatic heterocycles. The predicted molar refractivity (Wildman–Crippen MR) is 125 cm³/mol. The van der Waals surface area contributed by atoms with Gasteiger partial charge in [-0.15, -0.1) is 0 Å². The number of anilines is 1. The number of hydrogen-bond donors (Lipinski definition) is 2. The minimum atomic E-state index is -2.60.